The zero-order chi connectivity index (χ0) is 23.7. The molecular formula is C25H24ClF2N5O. The van der Waals surface area contributed by atoms with Gasteiger partial charge < -0.3 is 4.74 Å². The molecule has 1 aliphatic carbocycles. The average Bonchev–Trinajstić information content (AvgIpc) is 3.54. The third-order valence-electron chi connectivity index (χ3n) is 6.05. The molecule has 4 heterocycles. The molecule has 0 bridgehead atoms. The standard InChI is InChI=1S/C19H16ClF2N3O.C6H8N2/c1-10-15(20)9-14-17(13-3-2-12(21)8-16(13)22)24-18(25-19(14)23-10)11-4-6-26-7-5-11;1-4-7-8(5-1)6-2-3-6/h2-3,8-9,11H,4-7H2,1H3;1,4-6H,2-3H2. The van der Waals surface area contributed by atoms with Crippen molar-refractivity contribution in [3.8, 4) is 11.3 Å². The van der Waals surface area contributed by atoms with E-state index < -0.39 is 11.6 Å². The second-order valence-electron chi connectivity index (χ2n) is 8.59. The van der Waals surface area contributed by atoms with Crippen molar-refractivity contribution in [3.05, 3.63) is 70.9 Å². The zero-order valence-corrected chi connectivity index (χ0v) is 19.5. The second kappa shape index (κ2) is 9.72. The summed E-state index contributed by atoms with van der Waals surface area (Å²) in [6.07, 6.45) is 8.09. The van der Waals surface area contributed by atoms with Crippen LogP contribution in [0.5, 0.6) is 0 Å². The van der Waals surface area contributed by atoms with E-state index >= 15 is 0 Å². The molecule has 0 amide bonds. The van der Waals surface area contributed by atoms with Gasteiger partial charge in [0.25, 0.3) is 0 Å². The van der Waals surface area contributed by atoms with Crippen molar-refractivity contribution in [1.82, 2.24) is 24.7 Å². The van der Waals surface area contributed by atoms with Crippen LogP contribution >= 0.6 is 11.6 Å². The lowest BCUT2D eigenvalue weighted by Crippen LogP contribution is -2.17. The van der Waals surface area contributed by atoms with E-state index in [9.17, 15) is 8.78 Å². The summed E-state index contributed by atoms with van der Waals surface area (Å²) in [5, 5.41) is 5.09. The molecule has 1 saturated carbocycles. The zero-order valence-electron chi connectivity index (χ0n) is 18.7. The van der Waals surface area contributed by atoms with E-state index in [1.165, 1.54) is 25.0 Å². The van der Waals surface area contributed by atoms with E-state index in [4.69, 9.17) is 16.3 Å². The minimum absolute atomic E-state index is 0.119. The Balaban J connectivity index is 0.000000252. The number of aryl methyl sites for hydroxylation is 1. The van der Waals surface area contributed by atoms with Gasteiger partial charge in [-0.05, 0) is 56.9 Å². The molecule has 1 aliphatic heterocycles. The van der Waals surface area contributed by atoms with Gasteiger partial charge in [0.15, 0.2) is 5.65 Å². The van der Waals surface area contributed by atoms with Gasteiger partial charge in [-0.25, -0.2) is 23.7 Å². The van der Waals surface area contributed by atoms with Crippen molar-refractivity contribution in [2.24, 2.45) is 0 Å². The third kappa shape index (κ3) is 4.93. The molecule has 0 N–H and O–H groups in total. The fourth-order valence-electron chi connectivity index (χ4n) is 4.00. The summed E-state index contributed by atoms with van der Waals surface area (Å²) in [5.41, 5.74) is 1.68. The van der Waals surface area contributed by atoms with Crippen molar-refractivity contribution in [2.75, 3.05) is 13.2 Å². The van der Waals surface area contributed by atoms with E-state index in [0.29, 0.717) is 46.5 Å². The maximum Gasteiger partial charge on any atom is 0.163 e. The minimum atomic E-state index is -0.681. The molecule has 1 saturated heterocycles. The van der Waals surface area contributed by atoms with Crippen molar-refractivity contribution in [2.45, 2.75) is 44.6 Å². The van der Waals surface area contributed by atoms with Crippen LogP contribution in [0.1, 0.15) is 49.2 Å². The van der Waals surface area contributed by atoms with E-state index in [0.717, 1.165) is 24.9 Å². The topological polar surface area (TPSA) is 65.7 Å². The van der Waals surface area contributed by atoms with Gasteiger partial charge in [-0.2, -0.15) is 5.10 Å². The molecule has 9 heteroatoms. The van der Waals surface area contributed by atoms with Gasteiger partial charge in [0.05, 0.1) is 22.5 Å². The number of hydrogen-bond donors (Lipinski definition) is 0. The third-order valence-corrected chi connectivity index (χ3v) is 6.43. The quantitative estimate of drug-likeness (QED) is 0.355. The van der Waals surface area contributed by atoms with Crippen LogP contribution in [0.15, 0.2) is 42.7 Å². The predicted octanol–water partition coefficient (Wildman–Crippen LogP) is 6.04. The predicted molar refractivity (Wildman–Crippen MR) is 126 cm³/mol. The van der Waals surface area contributed by atoms with Crippen molar-refractivity contribution < 1.29 is 13.5 Å². The van der Waals surface area contributed by atoms with Crippen LogP contribution in [0.3, 0.4) is 0 Å². The highest BCUT2D eigenvalue weighted by Crippen LogP contribution is 2.34. The summed E-state index contributed by atoms with van der Waals surface area (Å²) in [6.45, 7) is 3.06. The van der Waals surface area contributed by atoms with Crippen LogP contribution in [0.2, 0.25) is 5.02 Å². The fourth-order valence-corrected chi connectivity index (χ4v) is 4.15. The molecule has 1 aromatic carbocycles. The number of pyridine rings is 1. The normalized spacial score (nSPS) is 16.4. The molecule has 3 aromatic heterocycles. The highest BCUT2D eigenvalue weighted by molar-refractivity contribution is 6.32. The number of fused-ring (bicyclic) bond motifs is 1. The highest BCUT2D eigenvalue weighted by Gasteiger charge is 2.24. The highest BCUT2D eigenvalue weighted by atomic mass is 35.5. The largest absolute Gasteiger partial charge is 0.381 e. The first-order chi connectivity index (χ1) is 16.5. The molecular weight excluding hydrogens is 460 g/mol. The molecule has 2 aliphatic rings. The summed E-state index contributed by atoms with van der Waals surface area (Å²) in [6, 6.07) is 7.84. The van der Waals surface area contributed by atoms with Crippen LogP contribution in [0, 0.1) is 18.6 Å². The Morgan fingerprint density at radius 2 is 1.82 bits per heavy atom. The summed E-state index contributed by atoms with van der Waals surface area (Å²) in [4.78, 5) is 13.7. The second-order valence-corrected chi connectivity index (χ2v) is 8.99. The van der Waals surface area contributed by atoms with Gasteiger partial charge in [-0.3, -0.25) is 4.68 Å². The minimum Gasteiger partial charge on any atom is -0.381 e. The first kappa shape index (κ1) is 22.8. The number of nitrogens with zero attached hydrogens (tertiary/aromatic N) is 5. The number of ether oxygens (including phenoxy) is 1. The lowest BCUT2D eigenvalue weighted by atomic mass is 9.98. The maximum atomic E-state index is 14.4. The smallest absolute Gasteiger partial charge is 0.163 e. The summed E-state index contributed by atoms with van der Waals surface area (Å²) in [7, 11) is 0. The number of halogens is 3. The Labute approximate surface area is 201 Å². The molecule has 6 nitrogen and oxygen atoms in total. The molecule has 6 rings (SSSR count). The van der Waals surface area contributed by atoms with Crippen molar-refractivity contribution >= 4 is 22.6 Å². The summed E-state index contributed by atoms with van der Waals surface area (Å²) < 4.78 is 35.2. The van der Waals surface area contributed by atoms with E-state index in [-0.39, 0.29) is 11.5 Å². The molecule has 2 fully saturated rings. The lowest BCUT2D eigenvalue weighted by molar-refractivity contribution is 0.0836. The van der Waals surface area contributed by atoms with Crippen molar-refractivity contribution in [3.63, 3.8) is 0 Å². The summed E-state index contributed by atoms with van der Waals surface area (Å²) in [5.74, 6) is -0.595. The van der Waals surface area contributed by atoms with Crippen LogP contribution in [0.25, 0.3) is 22.3 Å². The molecule has 0 radical (unpaired) electrons. The number of aromatic nitrogens is 5. The molecule has 4 aromatic rings. The van der Waals surface area contributed by atoms with E-state index in [2.05, 4.69) is 20.1 Å². The first-order valence-electron chi connectivity index (χ1n) is 11.4. The van der Waals surface area contributed by atoms with Gasteiger partial charge in [0, 0.05) is 48.5 Å². The van der Waals surface area contributed by atoms with Crippen LogP contribution < -0.4 is 0 Å². The maximum absolute atomic E-state index is 14.4. The monoisotopic (exact) mass is 483 g/mol. The van der Waals surface area contributed by atoms with Crippen molar-refractivity contribution in [1.29, 1.82) is 0 Å². The number of hydrogen-bond acceptors (Lipinski definition) is 5. The number of benzene rings is 1. The Bertz CT molecular complexity index is 1300. The van der Waals surface area contributed by atoms with Gasteiger partial charge in [-0.15, -0.1) is 0 Å². The van der Waals surface area contributed by atoms with Crippen LogP contribution in [0.4, 0.5) is 8.78 Å². The molecule has 0 atom stereocenters. The average molecular weight is 484 g/mol. The number of rotatable bonds is 3. The van der Waals surface area contributed by atoms with Gasteiger partial charge >= 0.3 is 0 Å². The van der Waals surface area contributed by atoms with Gasteiger partial charge in [0.2, 0.25) is 0 Å². The van der Waals surface area contributed by atoms with Crippen LogP contribution in [-0.2, 0) is 4.74 Å². The summed E-state index contributed by atoms with van der Waals surface area (Å²) >= 11 is 6.21. The van der Waals surface area contributed by atoms with Gasteiger partial charge in [-0.1, -0.05) is 11.6 Å². The van der Waals surface area contributed by atoms with E-state index in [1.54, 1.807) is 13.0 Å². The Hall–Kier alpha value is -2.97. The lowest BCUT2D eigenvalue weighted by Gasteiger charge is -2.21. The molecule has 34 heavy (non-hydrogen) atoms. The SMILES string of the molecule is Cc1nc2nc(C3CCOCC3)nc(-c3ccc(F)cc3F)c2cc1Cl.c1cnn(C2CC2)c1. The Morgan fingerprint density at radius 1 is 1.03 bits per heavy atom. The molecule has 176 valence electrons. The van der Waals surface area contributed by atoms with Crippen LogP contribution in [-0.4, -0.2) is 37.9 Å². The Morgan fingerprint density at radius 3 is 2.50 bits per heavy atom. The Kier molecular flexibility index (Phi) is 6.52. The molecule has 0 spiro atoms. The molecule has 0 unspecified atom stereocenters. The fraction of sp³-hybridized carbons (Fsp3) is 0.360. The van der Waals surface area contributed by atoms with E-state index in [1.807, 2.05) is 23.1 Å². The van der Waals surface area contributed by atoms with Gasteiger partial charge in [0.1, 0.15) is 17.5 Å². The first-order valence-corrected chi connectivity index (χ1v) is 11.7.